The quantitative estimate of drug-likeness (QED) is 0.797. The molecule has 24 heavy (non-hydrogen) atoms. The van der Waals surface area contributed by atoms with Gasteiger partial charge in [-0.3, -0.25) is 10.1 Å². The molecule has 0 radical (unpaired) electrons. The summed E-state index contributed by atoms with van der Waals surface area (Å²) in [5, 5.41) is 4.59. The fourth-order valence-electron chi connectivity index (χ4n) is 2.31. The zero-order valence-corrected chi connectivity index (χ0v) is 13.4. The van der Waals surface area contributed by atoms with Crippen LogP contribution < -0.4 is 15.4 Å². The molecule has 0 saturated carbocycles. The Bertz CT molecular complexity index is 595. The van der Waals surface area contributed by atoms with Crippen molar-refractivity contribution in [1.29, 1.82) is 0 Å². The molecular weight excluding hydrogens is 359 g/mol. The first-order valence-electron chi connectivity index (χ1n) is 6.75. The first-order valence-corrected chi connectivity index (χ1v) is 6.75. The minimum absolute atomic E-state index is 0. The number of hydrogen-bond acceptors (Lipinski definition) is 3. The van der Waals surface area contributed by atoms with Gasteiger partial charge in [-0.25, -0.2) is 8.78 Å². The lowest BCUT2D eigenvalue weighted by Crippen LogP contribution is -2.40. The number of methoxy groups -OCH3 is 1. The van der Waals surface area contributed by atoms with Crippen LogP contribution in [0.15, 0.2) is 18.2 Å². The molecule has 1 aromatic rings. The Balaban J connectivity index is 0.00000288. The van der Waals surface area contributed by atoms with Crippen LogP contribution in [-0.4, -0.2) is 31.5 Å². The Labute approximate surface area is 141 Å². The maximum Gasteiger partial charge on any atom is 0.416 e. The fraction of sp³-hybridized carbons (Fsp3) is 0.500. The number of amides is 1. The third-order valence-electron chi connectivity index (χ3n) is 3.50. The number of hydrogen-bond donors (Lipinski definition) is 2. The van der Waals surface area contributed by atoms with E-state index in [1.165, 1.54) is 19.2 Å². The summed E-state index contributed by atoms with van der Waals surface area (Å²) in [7, 11) is 1.24. The Hall–Kier alpha value is -1.61. The number of rotatable bonds is 4. The molecule has 1 unspecified atom stereocenters. The first-order chi connectivity index (χ1) is 10.6. The van der Waals surface area contributed by atoms with Gasteiger partial charge < -0.3 is 10.1 Å². The molecule has 1 aliphatic rings. The van der Waals surface area contributed by atoms with Crippen molar-refractivity contribution in [2.45, 2.75) is 31.1 Å². The molecule has 0 aliphatic carbocycles. The second-order valence-electron chi connectivity index (χ2n) is 5.23. The van der Waals surface area contributed by atoms with Crippen LogP contribution in [0.5, 0.6) is 5.75 Å². The second-order valence-corrected chi connectivity index (χ2v) is 5.23. The van der Waals surface area contributed by atoms with Crippen LogP contribution in [0.25, 0.3) is 0 Å². The summed E-state index contributed by atoms with van der Waals surface area (Å²) in [5.74, 6) is -3.71. The van der Waals surface area contributed by atoms with Crippen molar-refractivity contribution in [1.82, 2.24) is 10.6 Å². The van der Waals surface area contributed by atoms with E-state index in [4.69, 9.17) is 4.74 Å². The molecule has 1 fully saturated rings. The molecule has 1 heterocycles. The Kier molecular flexibility index (Phi) is 6.40. The normalized spacial score (nSPS) is 19.5. The topological polar surface area (TPSA) is 50.4 Å². The molecule has 4 nitrogen and oxygen atoms in total. The number of halogens is 6. The number of carbonyl (C=O) groups is 1. The lowest BCUT2D eigenvalue weighted by atomic mass is 10.1. The number of ether oxygens (including phenoxy) is 1. The molecule has 1 aliphatic heterocycles. The molecular formula is C14H16ClF5N2O2. The summed E-state index contributed by atoms with van der Waals surface area (Å²) in [6.45, 7) is -1.04. The van der Waals surface area contributed by atoms with E-state index in [0.29, 0.717) is 0 Å². The Morgan fingerprint density at radius 1 is 1.42 bits per heavy atom. The molecule has 10 heteroatoms. The van der Waals surface area contributed by atoms with Crippen LogP contribution in [-0.2, 0) is 17.5 Å². The highest BCUT2D eigenvalue weighted by molar-refractivity contribution is 5.85. The van der Waals surface area contributed by atoms with E-state index < -0.39 is 49.1 Å². The maximum atomic E-state index is 13.0. The predicted octanol–water partition coefficient (Wildman–Crippen LogP) is 2.75. The van der Waals surface area contributed by atoms with Gasteiger partial charge in [0.2, 0.25) is 5.91 Å². The van der Waals surface area contributed by atoms with Gasteiger partial charge in [0, 0.05) is 13.0 Å². The van der Waals surface area contributed by atoms with E-state index in [9.17, 15) is 26.7 Å². The fourth-order valence-corrected chi connectivity index (χ4v) is 2.31. The van der Waals surface area contributed by atoms with Gasteiger partial charge in [-0.05, 0) is 17.7 Å². The van der Waals surface area contributed by atoms with Gasteiger partial charge >= 0.3 is 6.18 Å². The lowest BCUT2D eigenvalue weighted by molar-refractivity contribution is -0.138. The molecule has 1 amide bonds. The van der Waals surface area contributed by atoms with E-state index in [2.05, 4.69) is 10.6 Å². The monoisotopic (exact) mass is 374 g/mol. The molecule has 2 N–H and O–H groups in total. The van der Waals surface area contributed by atoms with Gasteiger partial charge in [0.05, 0.1) is 25.3 Å². The first kappa shape index (κ1) is 20.4. The number of carbonyl (C=O) groups excluding carboxylic acids is 1. The molecule has 0 bridgehead atoms. The van der Waals surface area contributed by atoms with Crippen LogP contribution in [0, 0.1) is 0 Å². The van der Waals surface area contributed by atoms with Crippen LogP contribution in [0.2, 0.25) is 0 Å². The van der Waals surface area contributed by atoms with Crippen molar-refractivity contribution in [3.05, 3.63) is 29.3 Å². The van der Waals surface area contributed by atoms with E-state index >= 15 is 0 Å². The van der Waals surface area contributed by atoms with Crippen LogP contribution in [0.4, 0.5) is 22.0 Å². The van der Waals surface area contributed by atoms with Gasteiger partial charge in [-0.15, -0.1) is 12.4 Å². The summed E-state index contributed by atoms with van der Waals surface area (Å²) in [4.78, 5) is 11.8. The van der Waals surface area contributed by atoms with E-state index in [0.717, 1.165) is 6.07 Å². The van der Waals surface area contributed by atoms with Crippen LogP contribution in [0.1, 0.15) is 17.5 Å². The maximum absolute atomic E-state index is 13.0. The second kappa shape index (κ2) is 7.52. The summed E-state index contributed by atoms with van der Waals surface area (Å²) < 4.78 is 69.8. The largest absolute Gasteiger partial charge is 0.497 e. The minimum Gasteiger partial charge on any atom is -0.497 e. The van der Waals surface area contributed by atoms with Gasteiger partial charge in [-0.2, -0.15) is 13.2 Å². The van der Waals surface area contributed by atoms with E-state index in [1.54, 1.807) is 0 Å². The average molecular weight is 375 g/mol. The Morgan fingerprint density at radius 3 is 2.58 bits per heavy atom. The molecule has 0 spiro atoms. The summed E-state index contributed by atoms with van der Waals surface area (Å²) >= 11 is 0. The standard InChI is InChI=1S/C14H15F5N2O2.ClH/c1-23-9-3-2-8(10(4-9)14(17,18)19)6-20-12(22)11-5-13(15,16)7-21-11;/h2-4,11,21H,5-7H2,1H3,(H,20,22);1H. The number of nitrogens with one attached hydrogen (secondary N) is 2. The summed E-state index contributed by atoms with van der Waals surface area (Å²) in [6, 6.07) is 2.22. The van der Waals surface area contributed by atoms with Crippen molar-refractivity contribution in [2.75, 3.05) is 13.7 Å². The smallest absolute Gasteiger partial charge is 0.416 e. The van der Waals surface area contributed by atoms with Crippen molar-refractivity contribution in [3.8, 4) is 5.75 Å². The van der Waals surface area contributed by atoms with Crippen LogP contribution in [0.3, 0.4) is 0 Å². The molecule has 1 atom stereocenters. The highest BCUT2D eigenvalue weighted by atomic mass is 35.5. The van der Waals surface area contributed by atoms with Crippen LogP contribution >= 0.6 is 12.4 Å². The van der Waals surface area contributed by atoms with Crippen molar-refractivity contribution < 1.29 is 31.5 Å². The minimum atomic E-state index is -4.62. The zero-order chi connectivity index (χ0) is 17.3. The van der Waals surface area contributed by atoms with Gasteiger partial charge in [0.1, 0.15) is 5.75 Å². The summed E-state index contributed by atoms with van der Waals surface area (Å²) in [6.07, 6.45) is -5.29. The van der Waals surface area contributed by atoms with E-state index in [-0.39, 0.29) is 23.7 Å². The molecule has 1 aromatic carbocycles. The van der Waals surface area contributed by atoms with Crippen molar-refractivity contribution in [2.24, 2.45) is 0 Å². The lowest BCUT2D eigenvalue weighted by Gasteiger charge is -2.16. The van der Waals surface area contributed by atoms with Gasteiger partial charge in [0.25, 0.3) is 5.92 Å². The van der Waals surface area contributed by atoms with E-state index in [1.807, 2.05) is 0 Å². The van der Waals surface area contributed by atoms with Gasteiger partial charge in [0.15, 0.2) is 0 Å². The van der Waals surface area contributed by atoms with Crippen molar-refractivity contribution in [3.63, 3.8) is 0 Å². The van der Waals surface area contributed by atoms with Crippen molar-refractivity contribution >= 4 is 18.3 Å². The average Bonchev–Trinajstić information content (AvgIpc) is 2.84. The summed E-state index contributed by atoms with van der Waals surface area (Å²) in [5.41, 5.74) is -1.11. The molecule has 136 valence electrons. The predicted molar refractivity (Wildman–Crippen MR) is 78.4 cm³/mol. The Morgan fingerprint density at radius 2 is 2.08 bits per heavy atom. The molecule has 2 rings (SSSR count). The zero-order valence-electron chi connectivity index (χ0n) is 12.5. The molecule has 0 aromatic heterocycles. The SMILES string of the molecule is COc1ccc(CNC(=O)C2CC(F)(F)CN2)c(C(F)(F)F)c1.Cl. The number of benzene rings is 1. The highest BCUT2D eigenvalue weighted by Gasteiger charge is 2.42. The third kappa shape index (κ3) is 4.94. The third-order valence-corrected chi connectivity index (χ3v) is 3.50. The molecule has 1 saturated heterocycles. The highest BCUT2D eigenvalue weighted by Crippen LogP contribution is 2.34. The number of alkyl halides is 5. The van der Waals surface area contributed by atoms with Gasteiger partial charge in [-0.1, -0.05) is 6.07 Å².